The highest BCUT2D eigenvalue weighted by molar-refractivity contribution is 7.99. The Hall–Kier alpha value is -1.00. The normalized spacial score (nSPS) is 25.1. The van der Waals surface area contributed by atoms with Crippen molar-refractivity contribution in [3.63, 3.8) is 0 Å². The molecule has 0 aromatic heterocycles. The van der Waals surface area contributed by atoms with Crippen LogP contribution >= 0.6 is 11.8 Å². The van der Waals surface area contributed by atoms with Gasteiger partial charge in [0.15, 0.2) is 0 Å². The van der Waals surface area contributed by atoms with Crippen LogP contribution in [-0.4, -0.2) is 35.7 Å². The maximum atomic E-state index is 12.1. The third-order valence-electron chi connectivity index (χ3n) is 4.62. The standard InChI is InChI=1S/C18H26N2OS/c1-13(2)18(21)20-10-9-14(12-20)19-16-7-5-11-22-17-8-4-3-6-15(16)17/h3-4,6,8,13-14,16,19H,5,7,9-12H2,1-2H3/t14-,16-/m1/s1. The van der Waals surface area contributed by atoms with Gasteiger partial charge in [0.1, 0.15) is 0 Å². The quantitative estimate of drug-likeness (QED) is 0.926. The second kappa shape index (κ2) is 7.05. The van der Waals surface area contributed by atoms with Gasteiger partial charge in [0.25, 0.3) is 0 Å². The zero-order chi connectivity index (χ0) is 15.5. The van der Waals surface area contributed by atoms with E-state index < -0.39 is 0 Å². The minimum atomic E-state index is 0.105. The summed E-state index contributed by atoms with van der Waals surface area (Å²) in [5.74, 6) is 1.60. The van der Waals surface area contributed by atoms with Crippen molar-refractivity contribution < 1.29 is 4.79 Å². The van der Waals surface area contributed by atoms with E-state index in [1.807, 2.05) is 30.5 Å². The number of fused-ring (bicyclic) bond motifs is 1. The molecule has 1 amide bonds. The molecule has 22 heavy (non-hydrogen) atoms. The molecule has 3 rings (SSSR count). The van der Waals surface area contributed by atoms with E-state index in [1.54, 1.807) is 0 Å². The van der Waals surface area contributed by atoms with Crippen LogP contribution in [0.15, 0.2) is 29.2 Å². The number of carbonyl (C=O) groups is 1. The molecule has 1 saturated heterocycles. The Morgan fingerprint density at radius 1 is 1.32 bits per heavy atom. The molecule has 0 saturated carbocycles. The molecule has 0 bridgehead atoms. The number of benzene rings is 1. The number of amides is 1. The van der Waals surface area contributed by atoms with Crippen LogP contribution in [0.1, 0.15) is 44.7 Å². The largest absolute Gasteiger partial charge is 0.341 e. The van der Waals surface area contributed by atoms with Crippen LogP contribution in [0.4, 0.5) is 0 Å². The maximum Gasteiger partial charge on any atom is 0.225 e. The van der Waals surface area contributed by atoms with E-state index in [0.29, 0.717) is 18.0 Å². The molecule has 1 fully saturated rings. The topological polar surface area (TPSA) is 32.3 Å². The fraction of sp³-hybridized carbons (Fsp3) is 0.611. The Morgan fingerprint density at radius 2 is 2.14 bits per heavy atom. The molecule has 1 N–H and O–H groups in total. The van der Waals surface area contributed by atoms with Crippen molar-refractivity contribution in [3.8, 4) is 0 Å². The van der Waals surface area contributed by atoms with E-state index in [0.717, 1.165) is 19.5 Å². The van der Waals surface area contributed by atoms with Gasteiger partial charge in [-0.2, -0.15) is 0 Å². The maximum absolute atomic E-state index is 12.1. The van der Waals surface area contributed by atoms with E-state index in [-0.39, 0.29) is 5.92 Å². The summed E-state index contributed by atoms with van der Waals surface area (Å²) >= 11 is 1.98. The van der Waals surface area contributed by atoms with Gasteiger partial charge in [-0.3, -0.25) is 4.79 Å². The lowest BCUT2D eigenvalue weighted by Gasteiger charge is -2.24. The molecule has 0 spiro atoms. The van der Waals surface area contributed by atoms with Crippen molar-refractivity contribution in [2.75, 3.05) is 18.8 Å². The smallest absolute Gasteiger partial charge is 0.225 e. The van der Waals surface area contributed by atoms with Crippen LogP contribution in [0.25, 0.3) is 0 Å². The number of nitrogens with one attached hydrogen (secondary N) is 1. The van der Waals surface area contributed by atoms with Gasteiger partial charge >= 0.3 is 0 Å². The number of hydrogen-bond donors (Lipinski definition) is 1. The summed E-state index contributed by atoms with van der Waals surface area (Å²) in [6.45, 7) is 5.74. The molecular weight excluding hydrogens is 292 g/mol. The molecule has 0 unspecified atom stereocenters. The first-order valence-corrected chi connectivity index (χ1v) is 9.40. The summed E-state index contributed by atoms with van der Waals surface area (Å²) in [4.78, 5) is 15.6. The molecule has 3 nitrogen and oxygen atoms in total. The third kappa shape index (κ3) is 3.49. The number of hydrogen-bond acceptors (Lipinski definition) is 3. The zero-order valence-corrected chi connectivity index (χ0v) is 14.4. The Balaban J connectivity index is 1.65. The second-order valence-electron chi connectivity index (χ2n) is 6.67. The Labute approximate surface area is 137 Å². The van der Waals surface area contributed by atoms with Crippen molar-refractivity contribution in [1.82, 2.24) is 10.2 Å². The molecule has 2 aliphatic heterocycles. The van der Waals surface area contributed by atoms with Crippen LogP contribution in [0.3, 0.4) is 0 Å². The molecule has 2 heterocycles. The monoisotopic (exact) mass is 318 g/mol. The summed E-state index contributed by atoms with van der Waals surface area (Å²) in [7, 11) is 0. The van der Waals surface area contributed by atoms with Gasteiger partial charge in [0.05, 0.1) is 0 Å². The lowest BCUT2D eigenvalue weighted by molar-refractivity contribution is -0.133. The van der Waals surface area contributed by atoms with Crippen molar-refractivity contribution in [2.24, 2.45) is 5.92 Å². The second-order valence-corrected chi connectivity index (χ2v) is 7.81. The van der Waals surface area contributed by atoms with Crippen molar-refractivity contribution in [3.05, 3.63) is 29.8 Å². The lowest BCUT2D eigenvalue weighted by Crippen LogP contribution is -2.38. The van der Waals surface area contributed by atoms with Crippen LogP contribution in [0.2, 0.25) is 0 Å². The summed E-state index contributed by atoms with van der Waals surface area (Å²) in [6, 6.07) is 9.64. The number of carbonyl (C=O) groups excluding carboxylic acids is 1. The highest BCUT2D eigenvalue weighted by atomic mass is 32.2. The number of nitrogens with zero attached hydrogens (tertiary/aromatic N) is 1. The molecule has 2 aliphatic rings. The fourth-order valence-electron chi connectivity index (χ4n) is 3.44. The molecule has 1 aromatic rings. The predicted molar refractivity (Wildman–Crippen MR) is 92.1 cm³/mol. The number of likely N-dealkylation sites (tertiary alicyclic amines) is 1. The molecule has 1 aromatic carbocycles. The van der Waals surface area contributed by atoms with Crippen LogP contribution in [0.5, 0.6) is 0 Å². The highest BCUT2D eigenvalue weighted by Gasteiger charge is 2.30. The average molecular weight is 318 g/mol. The van der Waals surface area contributed by atoms with Gasteiger partial charge in [0, 0.05) is 36.0 Å². The fourth-order valence-corrected chi connectivity index (χ4v) is 4.53. The summed E-state index contributed by atoms with van der Waals surface area (Å²) in [5.41, 5.74) is 1.44. The molecule has 2 atom stereocenters. The molecule has 4 heteroatoms. The number of thioether (sulfide) groups is 1. The van der Waals surface area contributed by atoms with Crippen molar-refractivity contribution in [2.45, 2.75) is 50.1 Å². The van der Waals surface area contributed by atoms with E-state index in [2.05, 4.69) is 29.6 Å². The average Bonchev–Trinajstić information content (AvgIpc) is 2.88. The van der Waals surface area contributed by atoms with Gasteiger partial charge < -0.3 is 10.2 Å². The van der Waals surface area contributed by atoms with Crippen LogP contribution in [-0.2, 0) is 4.79 Å². The third-order valence-corrected chi connectivity index (χ3v) is 5.80. The van der Waals surface area contributed by atoms with Gasteiger partial charge in [-0.1, -0.05) is 32.0 Å². The minimum Gasteiger partial charge on any atom is -0.341 e. The highest BCUT2D eigenvalue weighted by Crippen LogP contribution is 2.35. The van der Waals surface area contributed by atoms with Gasteiger partial charge in [-0.15, -0.1) is 11.8 Å². The summed E-state index contributed by atoms with van der Waals surface area (Å²) in [6.07, 6.45) is 3.52. The Morgan fingerprint density at radius 3 is 2.95 bits per heavy atom. The summed E-state index contributed by atoms with van der Waals surface area (Å²) < 4.78 is 0. The molecule has 120 valence electrons. The molecular formula is C18H26N2OS. The van der Waals surface area contributed by atoms with Crippen molar-refractivity contribution in [1.29, 1.82) is 0 Å². The SMILES string of the molecule is CC(C)C(=O)N1CC[C@@H](N[C@@H]2CCCSc3ccccc32)C1. The van der Waals surface area contributed by atoms with Crippen LogP contribution in [0, 0.1) is 5.92 Å². The Bertz CT molecular complexity index is 532. The van der Waals surface area contributed by atoms with Gasteiger partial charge in [-0.05, 0) is 36.6 Å². The predicted octanol–water partition coefficient (Wildman–Crippen LogP) is 3.46. The van der Waals surface area contributed by atoms with Gasteiger partial charge in [0.2, 0.25) is 5.91 Å². The zero-order valence-electron chi connectivity index (χ0n) is 13.5. The van der Waals surface area contributed by atoms with Crippen LogP contribution < -0.4 is 5.32 Å². The summed E-state index contributed by atoms with van der Waals surface area (Å²) in [5, 5.41) is 3.83. The lowest BCUT2D eigenvalue weighted by atomic mass is 10.0. The molecule has 0 aliphatic carbocycles. The number of rotatable bonds is 3. The van der Waals surface area contributed by atoms with Gasteiger partial charge in [-0.25, -0.2) is 0 Å². The van der Waals surface area contributed by atoms with Crippen molar-refractivity contribution >= 4 is 17.7 Å². The first-order chi connectivity index (χ1) is 10.6. The molecule has 0 radical (unpaired) electrons. The van der Waals surface area contributed by atoms with E-state index >= 15 is 0 Å². The first-order valence-electron chi connectivity index (χ1n) is 8.41. The Kier molecular flexibility index (Phi) is 5.09. The minimum absolute atomic E-state index is 0.105. The first kappa shape index (κ1) is 15.9. The van der Waals surface area contributed by atoms with E-state index in [1.165, 1.54) is 29.1 Å². The van der Waals surface area contributed by atoms with E-state index in [4.69, 9.17) is 0 Å². The van der Waals surface area contributed by atoms with E-state index in [9.17, 15) is 4.79 Å².